The van der Waals surface area contributed by atoms with Crippen LogP contribution in [0.5, 0.6) is 0 Å². The van der Waals surface area contributed by atoms with Gasteiger partial charge < -0.3 is 4.74 Å². The van der Waals surface area contributed by atoms with Crippen molar-refractivity contribution in [3.8, 4) is 0 Å². The fourth-order valence-electron chi connectivity index (χ4n) is 1.64. The molecule has 0 unspecified atom stereocenters. The Kier molecular flexibility index (Phi) is 0.832. The fraction of sp³-hybridized carbons (Fsp3) is 0.714. The molecule has 3 heteroatoms. The quantitative estimate of drug-likeness (QED) is 0.393. The van der Waals surface area contributed by atoms with E-state index in [1.807, 2.05) is 6.92 Å². The van der Waals surface area contributed by atoms with Crippen molar-refractivity contribution in [3.63, 3.8) is 0 Å². The Morgan fingerprint density at radius 1 is 1.70 bits per heavy atom. The van der Waals surface area contributed by atoms with Gasteiger partial charge in [-0.15, -0.1) is 0 Å². The summed E-state index contributed by atoms with van der Waals surface area (Å²) in [6, 6.07) is 0. The van der Waals surface area contributed by atoms with Crippen LogP contribution in [0.3, 0.4) is 0 Å². The molecule has 2 rings (SSSR count). The van der Waals surface area contributed by atoms with Crippen molar-refractivity contribution in [2.45, 2.75) is 19.8 Å². The molecular formula is C7H8O3. The summed E-state index contributed by atoms with van der Waals surface area (Å²) in [7, 11) is 0. The minimum absolute atomic E-state index is 0.0926. The molecule has 0 amide bonds. The van der Waals surface area contributed by atoms with Crippen LogP contribution in [-0.2, 0) is 14.3 Å². The summed E-state index contributed by atoms with van der Waals surface area (Å²) in [6.45, 7) is 1.92. The lowest BCUT2D eigenvalue weighted by molar-refractivity contribution is -0.157. The molecule has 0 aromatic rings. The predicted octanol–water partition coefficient (Wildman–Crippen LogP) is 0.486. The zero-order valence-electron chi connectivity index (χ0n) is 5.72. The zero-order valence-corrected chi connectivity index (χ0v) is 5.72. The SMILES string of the molecule is CC[C@]12C[C@H]1C(=O)OC2=O. The van der Waals surface area contributed by atoms with E-state index in [9.17, 15) is 9.59 Å². The van der Waals surface area contributed by atoms with Gasteiger partial charge in [-0.1, -0.05) is 6.92 Å². The van der Waals surface area contributed by atoms with Gasteiger partial charge in [-0.25, -0.2) is 0 Å². The predicted molar refractivity (Wildman–Crippen MR) is 31.9 cm³/mol. The molecule has 54 valence electrons. The Balaban J connectivity index is 2.31. The van der Waals surface area contributed by atoms with Crippen LogP contribution in [0, 0.1) is 11.3 Å². The smallest absolute Gasteiger partial charge is 0.320 e. The number of carbonyl (C=O) groups is 2. The summed E-state index contributed by atoms with van der Waals surface area (Å²) in [6.07, 6.45) is 1.46. The van der Waals surface area contributed by atoms with Crippen LogP contribution in [0.1, 0.15) is 19.8 Å². The number of carbonyl (C=O) groups excluding carboxylic acids is 2. The number of hydrogen-bond acceptors (Lipinski definition) is 3. The van der Waals surface area contributed by atoms with Gasteiger partial charge in [-0.3, -0.25) is 9.59 Å². The van der Waals surface area contributed by atoms with E-state index in [0.29, 0.717) is 0 Å². The lowest BCUT2D eigenvalue weighted by atomic mass is 10.0. The molecule has 0 spiro atoms. The summed E-state index contributed by atoms with van der Waals surface area (Å²) in [5, 5.41) is 0. The molecule has 0 aromatic heterocycles. The second-order valence-corrected chi connectivity index (χ2v) is 2.97. The van der Waals surface area contributed by atoms with Crippen molar-refractivity contribution in [1.29, 1.82) is 0 Å². The van der Waals surface area contributed by atoms with Gasteiger partial charge in [-0.2, -0.15) is 0 Å². The number of esters is 2. The van der Waals surface area contributed by atoms with Crippen LogP contribution in [0.4, 0.5) is 0 Å². The first-order valence-corrected chi connectivity index (χ1v) is 3.47. The number of ether oxygens (including phenoxy) is 1. The molecule has 2 atom stereocenters. The molecule has 1 aliphatic heterocycles. The average Bonchev–Trinajstić information content (AvgIpc) is 2.57. The summed E-state index contributed by atoms with van der Waals surface area (Å²) in [5.41, 5.74) is -0.378. The van der Waals surface area contributed by atoms with Crippen molar-refractivity contribution >= 4 is 11.9 Å². The highest BCUT2D eigenvalue weighted by molar-refractivity contribution is 6.03. The molecule has 1 saturated carbocycles. The number of fused-ring (bicyclic) bond motifs is 1. The molecule has 0 aromatic carbocycles. The molecule has 3 nitrogen and oxygen atoms in total. The molecule has 0 bridgehead atoms. The van der Waals surface area contributed by atoms with Crippen molar-refractivity contribution in [3.05, 3.63) is 0 Å². The minimum atomic E-state index is -0.378. The Labute approximate surface area is 58.4 Å². The van der Waals surface area contributed by atoms with Gasteiger partial charge in [0.05, 0.1) is 11.3 Å². The highest BCUT2D eigenvalue weighted by Gasteiger charge is 2.69. The lowest BCUT2D eigenvalue weighted by Gasteiger charge is -2.00. The van der Waals surface area contributed by atoms with E-state index < -0.39 is 0 Å². The Hall–Kier alpha value is -0.860. The first kappa shape index (κ1) is 5.89. The Morgan fingerprint density at radius 2 is 2.40 bits per heavy atom. The average molecular weight is 140 g/mol. The summed E-state index contributed by atoms with van der Waals surface area (Å²) in [5.74, 6) is -0.707. The van der Waals surface area contributed by atoms with Gasteiger partial charge in [0.15, 0.2) is 0 Å². The molecule has 10 heavy (non-hydrogen) atoms. The van der Waals surface area contributed by atoms with E-state index in [4.69, 9.17) is 0 Å². The van der Waals surface area contributed by atoms with Crippen molar-refractivity contribution in [1.82, 2.24) is 0 Å². The van der Waals surface area contributed by atoms with Crippen LogP contribution in [-0.4, -0.2) is 11.9 Å². The maximum Gasteiger partial charge on any atom is 0.320 e. The van der Waals surface area contributed by atoms with Gasteiger partial charge in [0.1, 0.15) is 0 Å². The minimum Gasteiger partial charge on any atom is -0.392 e. The molecule has 0 N–H and O–H groups in total. The topological polar surface area (TPSA) is 43.4 Å². The zero-order chi connectivity index (χ0) is 7.35. The van der Waals surface area contributed by atoms with Crippen LogP contribution in [0.2, 0.25) is 0 Å². The first-order chi connectivity index (χ1) is 4.70. The molecule has 2 aliphatic rings. The van der Waals surface area contributed by atoms with Crippen molar-refractivity contribution in [2.24, 2.45) is 11.3 Å². The highest BCUT2D eigenvalue weighted by atomic mass is 16.6. The van der Waals surface area contributed by atoms with Gasteiger partial charge in [-0.05, 0) is 12.8 Å². The van der Waals surface area contributed by atoms with Gasteiger partial charge in [0, 0.05) is 0 Å². The highest BCUT2D eigenvalue weighted by Crippen LogP contribution is 2.60. The maximum absolute atomic E-state index is 10.9. The van der Waals surface area contributed by atoms with E-state index in [2.05, 4.69) is 4.74 Å². The molecular weight excluding hydrogens is 132 g/mol. The van der Waals surface area contributed by atoms with Crippen LogP contribution >= 0.6 is 0 Å². The van der Waals surface area contributed by atoms with Crippen molar-refractivity contribution < 1.29 is 14.3 Å². The van der Waals surface area contributed by atoms with Crippen LogP contribution in [0.25, 0.3) is 0 Å². The lowest BCUT2D eigenvalue weighted by Crippen LogP contribution is -2.12. The van der Waals surface area contributed by atoms with Gasteiger partial charge in [0.2, 0.25) is 0 Å². The summed E-state index contributed by atoms with van der Waals surface area (Å²) < 4.78 is 4.44. The summed E-state index contributed by atoms with van der Waals surface area (Å²) in [4.78, 5) is 21.7. The standard InChI is InChI=1S/C7H8O3/c1-2-7-3-4(7)5(8)10-6(7)9/h4H,2-3H2,1H3/t4-,7-/m0/s1. The van der Waals surface area contributed by atoms with E-state index in [-0.39, 0.29) is 23.3 Å². The number of rotatable bonds is 1. The third-order valence-corrected chi connectivity index (χ3v) is 2.59. The molecule has 2 fully saturated rings. The first-order valence-electron chi connectivity index (χ1n) is 3.47. The second-order valence-electron chi connectivity index (χ2n) is 2.97. The molecule has 0 radical (unpaired) electrons. The second kappa shape index (κ2) is 1.41. The van der Waals surface area contributed by atoms with E-state index in [1.165, 1.54) is 0 Å². The molecule has 1 heterocycles. The fourth-order valence-corrected chi connectivity index (χ4v) is 1.64. The monoisotopic (exact) mass is 140 g/mol. The van der Waals surface area contributed by atoms with Crippen LogP contribution < -0.4 is 0 Å². The summed E-state index contributed by atoms with van der Waals surface area (Å²) >= 11 is 0. The Bertz CT molecular complexity index is 221. The third-order valence-electron chi connectivity index (χ3n) is 2.59. The van der Waals surface area contributed by atoms with Crippen molar-refractivity contribution in [2.75, 3.05) is 0 Å². The van der Waals surface area contributed by atoms with Crippen LogP contribution in [0.15, 0.2) is 0 Å². The van der Waals surface area contributed by atoms with Gasteiger partial charge in [0.25, 0.3) is 0 Å². The molecule has 1 aliphatic carbocycles. The molecule has 1 saturated heterocycles. The maximum atomic E-state index is 10.9. The number of cyclic esters (lactones) is 2. The number of hydrogen-bond donors (Lipinski definition) is 0. The Morgan fingerprint density at radius 3 is 2.60 bits per heavy atom. The van der Waals surface area contributed by atoms with E-state index >= 15 is 0 Å². The third kappa shape index (κ3) is 0.426. The largest absolute Gasteiger partial charge is 0.392 e. The van der Waals surface area contributed by atoms with Gasteiger partial charge >= 0.3 is 11.9 Å². The normalized spacial score (nSPS) is 43.1. The van der Waals surface area contributed by atoms with E-state index in [0.717, 1.165) is 12.8 Å². The van der Waals surface area contributed by atoms with E-state index in [1.54, 1.807) is 0 Å².